The Labute approximate surface area is 97.9 Å². The van der Waals surface area contributed by atoms with Crippen molar-refractivity contribution in [2.24, 2.45) is 5.73 Å². The zero-order valence-corrected chi connectivity index (χ0v) is 9.26. The summed E-state index contributed by atoms with van der Waals surface area (Å²) in [4.78, 5) is 14.7. The molecule has 0 radical (unpaired) electrons. The number of nitrogens with zero attached hydrogens (tertiary/aromatic N) is 1. The molecule has 0 saturated carbocycles. The van der Waals surface area contributed by atoms with E-state index >= 15 is 0 Å². The van der Waals surface area contributed by atoms with Crippen LogP contribution in [0.1, 0.15) is 28.7 Å². The van der Waals surface area contributed by atoms with E-state index in [0.717, 1.165) is 0 Å². The maximum atomic E-state index is 10.9. The number of nitrogens with two attached hydrogens (primary N) is 1. The molecule has 1 aromatic rings. The second-order valence-corrected chi connectivity index (χ2v) is 3.68. The van der Waals surface area contributed by atoms with Gasteiger partial charge in [0.2, 0.25) is 0 Å². The fourth-order valence-corrected chi connectivity index (χ4v) is 1.44. The molecule has 0 spiro atoms. The van der Waals surface area contributed by atoms with E-state index in [4.69, 9.17) is 17.3 Å². The summed E-state index contributed by atoms with van der Waals surface area (Å²) in [5.41, 5.74) is 5.30. The molecule has 1 heterocycles. The fourth-order valence-electron chi connectivity index (χ4n) is 1.22. The predicted molar refractivity (Wildman–Crippen MR) is 59.1 cm³/mol. The molecule has 88 valence electrons. The predicted octanol–water partition coefficient (Wildman–Crippen LogP) is 0.204. The zero-order valence-electron chi connectivity index (χ0n) is 8.51. The Hall–Kier alpha value is -1.17. The highest BCUT2D eigenvalue weighted by Crippen LogP contribution is 2.17. The number of carbonyl (C=O) groups excluding carboxylic acids is 1. The van der Waals surface area contributed by atoms with Crippen molar-refractivity contribution in [3.63, 3.8) is 0 Å². The van der Waals surface area contributed by atoms with Gasteiger partial charge in [-0.1, -0.05) is 6.07 Å². The SMILES string of the molecule is NC(=O)c1cccc(C(O)C(O)CCCl)n1. The van der Waals surface area contributed by atoms with Gasteiger partial charge in [-0.05, 0) is 18.6 Å². The van der Waals surface area contributed by atoms with Gasteiger partial charge in [-0.25, -0.2) is 4.98 Å². The Morgan fingerprint density at radius 3 is 2.75 bits per heavy atom. The molecule has 0 aliphatic carbocycles. The van der Waals surface area contributed by atoms with Crippen LogP contribution in [0.3, 0.4) is 0 Å². The lowest BCUT2D eigenvalue weighted by Gasteiger charge is -2.16. The number of alkyl halides is 1. The average Bonchev–Trinajstić information content (AvgIpc) is 2.28. The summed E-state index contributed by atoms with van der Waals surface area (Å²) in [6.07, 6.45) is -1.93. The Balaban J connectivity index is 2.86. The molecule has 6 heteroatoms. The largest absolute Gasteiger partial charge is 0.390 e. The molecule has 4 N–H and O–H groups in total. The number of pyridine rings is 1. The molecule has 0 saturated heterocycles. The number of rotatable bonds is 5. The molecule has 0 aliphatic rings. The fraction of sp³-hybridized carbons (Fsp3) is 0.400. The molecular formula is C10H13ClN2O3. The molecule has 2 atom stereocenters. The van der Waals surface area contributed by atoms with Crippen molar-refractivity contribution in [1.29, 1.82) is 0 Å². The smallest absolute Gasteiger partial charge is 0.267 e. The highest BCUT2D eigenvalue weighted by Gasteiger charge is 2.19. The third kappa shape index (κ3) is 3.16. The second-order valence-electron chi connectivity index (χ2n) is 3.30. The summed E-state index contributed by atoms with van der Waals surface area (Å²) in [7, 11) is 0. The van der Waals surface area contributed by atoms with E-state index in [-0.39, 0.29) is 23.7 Å². The van der Waals surface area contributed by atoms with Crippen molar-refractivity contribution >= 4 is 17.5 Å². The van der Waals surface area contributed by atoms with Crippen LogP contribution in [0.4, 0.5) is 0 Å². The second kappa shape index (κ2) is 5.79. The monoisotopic (exact) mass is 244 g/mol. The Morgan fingerprint density at radius 1 is 1.50 bits per heavy atom. The molecular weight excluding hydrogens is 232 g/mol. The summed E-state index contributed by atoms with van der Waals surface area (Å²) in [5, 5.41) is 19.2. The van der Waals surface area contributed by atoms with Crippen LogP contribution in [0.25, 0.3) is 0 Å². The molecule has 1 aromatic heterocycles. The molecule has 0 bridgehead atoms. The van der Waals surface area contributed by atoms with Crippen LogP contribution in [-0.4, -0.2) is 33.1 Å². The van der Waals surface area contributed by atoms with Gasteiger partial charge in [-0.3, -0.25) is 4.79 Å². The number of aliphatic hydroxyl groups is 2. The highest BCUT2D eigenvalue weighted by atomic mass is 35.5. The first-order chi connectivity index (χ1) is 7.56. The van der Waals surface area contributed by atoms with Crippen LogP contribution in [0.2, 0.25) is 0 Å². The number of amides is 1. The number of aromatic nitrogens is 1. The van der Waals surface area contributed by atoms with Crippen molar-refractivity contribution in [2.75, 3.05) is 5.88 Å². The summed E-state index contributed by atoms with van der Waals surface area (Å²) < 4.78 is 0. The minimum absolute atomic E-state index is 0.0506. The van der Waals surface area contributed by atoms with Crippen molar-refractivity contribution in [3.05, 3.63) is 29.6 Å². The lowest BCUT2D eigenvalue weighted by atomic mass is 10.1. The van der Waals surface area contributed by atoms with Crippen LogP contribution in [0.15, 0.2) is 18.2 Å². The molecule has 0 aliphatic heterocycles. The van der Waals surface area contributed by atoms with Gasteiger partial charge in [0.1, 0.15) is 11.8 Å². The molecule has 0 aromatic carbocycles. The minimum atomic E-state index is -1.17. The number of hydrogen-bond acceptors (Lipinski definition) is 4. The third-order valence-electron chi connectivity index (χ3n) is 2.10. The van der Waals surface area contributed by atoms with Crippen molar-refractivity contribution in [3.8, 4) is 0 Å². The minimum Gasteiger partial charge on any atom is -0.390 e. The highest BCUT2D eigenvalue weighted by molar-refractivity contribution is 6.17. The molecule has 16 heavy (non-hydrogen) atoms. The van der Waals surface area contributed by atoms with E-state index in [9.17, 15) is 15.0 Å². The number of aliphatic hydroxyl groups excluding tert-OH is 2. The van der Waals surface area contributed by atoms with Crippen LogP contribution in [0, 0.1) is 0 Å². The van der Waals surface area contributed by atoms with Crippen molar-refractivity contribution < 1.29 is 15.0 Å². The van der Waals surface area contributed by atoms with Gasteiger partial charge >= 0.3 is 0 Å². The van der Waals surface area contributed by atoms with Crippen molar-refractivity contribution in [1.82, 2.24) is 4.98 Å². The maximum absolute atomic E-state index is 10.9. The lowest BCUT2D eigenvalue weighted by molar-refractivity contribution is 0.0143. The maximum Gasteiger partial charge on any atom is 0.267 e. The first-order valence-electron chi connectivity index (χ1n) is 4.75. The molecule has 5 nitrogen and oxygen atoms in total. The van der Waals surface area contributed by atoms with Crippen LogP contribution in [-0.2, 0) is 0 Å². The van der Waals surface area contributed by atoms with Gasteiger partial charge in [0.25, 0.3) is 5.91 Å². The number of primary amides is 1. The van der Waals surface area contributed by atoms with Crippen LogP contribution < -0.4 is 5.73 Å². The van der Waals surface area contributed by atoms with E-state index < -0.39 is 18.1 Å². The Bertz CT molecular complexity index is 373. The van der Waals surface area contributed by atoms with Gasteiger partial charge in [-0.2, -0.15) is 0 Å². The van der Waals surface area contributed by atoms with Gasteiger partial charge < -0.3 is 15.9 Å². The van der Waals surface area contributed by atoms with Gasteiger partial charge in [0, 0.05) is 5.88 Å². The Morgan fingerprint density at radius 2 is 2.19 bits per heavy atom. The first-order valence-corrected chi connectivity index (χ1v) is 5.28. The molecule has 1 amide bonds. The summed E-state index contributed by atoms with van der Waals surface area (Å²) in [6.45, 7) is 0. The zero-order chi connectivity index (χ0) is 12.1. The van der Waals surface area contributed by atoms with E-state index in [1.54, 1.807) is 6.07 Å². The van der Waals surface area contributed by atoms with E-state index in [1.165, 1.54) is 12.1 Å². The third-order valence-corrected chi connectivity index (χ3v) is 2.31. The first kappa shape index (κ1) is 12.9. The quantitative estimate of drug-likeness (QED) is 0.645. The molecule has 2 unspecified atom stereocenters. The number of carbonyl (C=O) groups is 1. The Kier molecular flexibility index (Phi) is 4.67. The van der Waals surface area contributed by atoms with Gasteiger partial charge in [-0.15, -0.1) is 11.6 Å². The summed E-state index contributed by atoms with van der Waals surface area (Å²) in [6, 6.07) is 4.49. The van der Waals surface area contributed by atoms with E-state index in [0.29, 0.717) is 0 Å². The normalized spacial score (nSPS) is 14.4. The van der Waals surface area contributed by atoms with Crippen LogP contribution in [0.5, 0.6) is 0 Å². The number of hydrogen-bond donors (Lipinski definition) is 3. The molecule has 0 fully saturated rings. The topological polar surface area (TPSA) is 96.4 Å². The summed E-state index contributed by atoms with van der Waals surface area (Å²) in [5.74, 6) is -0.450. The lowest BCUT2D eigenvalue weighted by Crippen LogP contribution is -2.21. The average molecular weight is 245 g/mol. The van der Waals surface area contributed by atoms with Gasteiger partial charge in [0.05, 0.1) is 11.8 Å². The van der Waals surface area contributed by atoms with Crippen molar-refractivity contribution in [2.45, 2.75) is 18.6 Å². The van der Waals surface area contributed by atoms with Gasteiger partial charge in [0.15, 0.2) is 0 Å². The summed E-state index contributed by atoms with van der Waals surface area (Å²) >= 11 is 5.44. The molecule has 1 rings (SSSR count). The standard InChI is InChI=1S/C10H13ClN2O3/c11-5-4-8(14)9(15)6-2-1-3-7(13-6)10(12)16/h1-3,8-9,14-15H,4-5H2,(H2,12,16). The van der Waals surface area contributed by atoms with Crippen LogP contribution >= 0.6 is 11.6 Å². The number of halogens is 1. The van der Waals surface area contributed by atoms with E-state index in [2.05, 4.69) is 4.98 Å². The van der Waals surface area contributed by atoms with E-state index in [1.807, 2.05) is 0 Å².